The Kier molecular flexibility index (Phi) is 4.17. The quantitative estimate of drug-likeness (QED) is 0.938. The number of nitrogens with zero attached hydrogens (tertiary/aromatic N) is 3. The molecule has 6 heteroatoms. The van der Waals surface area contributed by atoms with Crippen LogP contribution in [-0.4, -0.2) is 47.1 Å². The molecule has 110 valence electrons. The molecule has 1 aliphatic rings. The predicted octanol–water partition coefficient (Wildman–Crippen LogP) is 2.16. The van der Waals surface area contributed by atoms with E-state index in [0.29, 0.717) is 4.88 Å². The lowest BCUT2D eigenvalue weighted by Crippen LogP contribution is -2.46. The Balaban J connectivity index is 1.55. The van der Waals surface area contributed by atoms with Gasteiger partial charge in [0.2, 0.25) is 0 Å². The van der Waals surface area contributed by atoms with Gasteiger partial charge in [0, 0.05) is 43.8 Å². The van der Waals surface area contributed by atoms with Crippen LogP contribution in [0.2, 0.25) is 0 Å². The normalized spacial score (nSPS) is 16.1. The minimum Gasteiger partial charge on any atom is -0.477 e. The van der Waals surface area contributed by atoms with E-state index in [0.717, 1.165) is 43.4 Å². The zero-order valence-electron chi connectivity index (χ0n) is 11.6. The molecule has 5 nitrogen and oxygen atoms in total. The molecule has 0 atom stereocenters. The van der Waals surface area contributed by atoms with Gasteiger partial charge in [0.25, 0.3) is 0 Å². The van der Waals surface area contributed by atoms with Crippen molar-refractivity contribution in [2.75, 3.05) is 31.1 Å². The molecule has 0 radical (unpaired) electrons. The number of thiophene rings is 1. The van der Waals surface area contributed by atoms with Crippen LogP contribution < -0.4 is 4.90 Å². The molecule has 0 spiro atoms. The average molecular weight is 303 g/mol. The van der Waals surface area contributed by atoms with E-state index in [9.17, 15) is 4.79 Å². The van der Waals surface area contributed by atoms with Crippen molar-refractivity contribution in [3.8, 4) is 0 Å². The second-order valence-corrected chi connectivity index (χ2v) is 6.19. The lowest BCUT2D eigenvalue weighted by molar-refractivity contribution is 0.0702. The number of hydrogen-bond donors (Lipinski definition) is 1. The second kappa shape index (κ2) is 6.24. The van der Waals surface area contributed by atoms with E-state index in [4.69, 9.17) is 5.11 Å². The maximum absolute atomic E-state index is 10.9. The van der Waals surface area contributed by atoms with Gasteiger partial charge in [0.1, 0.15) is 10.7 Å². The molecule has 0 unspecified atom stereocenters. The van der Waals surface area contributed by atoms with Gasteiger partial charge in [0.15, 0.2) is 0 Å². The van der Waals surface area contributed by atoms with Crippen LogP contribution >= 0.6 is 11.3 Å². The van der Waals surface area contributed by atoms with Gasteiger partial charge in [0.05, 0.1) is 0 Å². The van der Waals surface area contributed by atoms with Crippen molar-refractivity contribution >= 4 is 23.1 Å². The van der Waals surface area contributed by atoms with E-state index in [1.165, 1.54) is 11.3 Å². The highest BCUT2D eigenvalue weighted by Crippen LogP contribution is 2.20. The Labute approximate surface area is 127 Å². The molecule has 0 aromatic carbocycles. The largest absolute Gasteiger partial charge is 0.477 e. The lowest BCUT2D eigenvalue weighted by Gasteiger charge is -2.35. The Bertz CT molecular complexity index is 606. The third-order valence-corrected chi connectivity index (χ3v) is 4.66. The van der Waals surface area contributed by atoms with Crippen LogP contribution in [0.25, 0.3) is 0 Å². The van der Waals surface area contributed by atoms with Gasteiger partial charge in [-0.3, -0.25) is 4.90 Å². The first-order valence-electron chi connectivity index (χ1n) is 6.93. The zero-order chi connectivity index (χ0) is 14.7. The van der Waals surface area contributed by atoms with Gasteiger partial charge >= 0.3 is 5.97 Å². The molecule has 1 fully saturated rings. The first kappa shape index (κ1) is 14.0. The lowest BCUT2D eigenvalue weighted by atomic mass is 10.3. The molecule has 0 amide bonds. The number of hydrogen-bond acceptors (Lipinski definition) is 5. The maximum Gasteiger partial charge on any atom is 0.345 e. The molecule has 0 aliphatic carbocycles. The summed E-state index contributed by atoms with van der Waals surface area (Å²) in [5.41, 5.74) is 0. The van der Waals surface area contributed by atoms with Crippen molar-refractivity contribution in [3.63, 3.8) is 0 Å². The number of carboxylic acid groups (broad SMARTS) is 1. The van der Waals surface area contributed by atoms with Crippen LogP contribution in [0.1, 0.15) is 14.5 Å². The van der Waals surface area contributed by atoms with Gasteiger partial charge < -0.3 is 10.0 Å². The van der Waals surface area contributed by atoms with Gasteiger partial charge in [-0.25, -0.2) is 9.78 Å². The Morgan fingerprint density at radius 2 is 2.00 bits per heavy atom. The average Bonchev–Trinajstić information content (AvgIpc) is 2.98. The summed E-state index contributed by atoms with van der Waals surface area (Å²) >= 11 is 1.36. The molecule has 0 bridgehead atoms. The first-order chi connectivity index (χ1) is 10.2. The van der Waals surface area contributed by atoms with Crippen molar-refractivity contribution in [1.82, 2.24) is 9.88 Å². The number of rotatable bonds is 4. The number of aromatic carboxylic acids is 1. The number of aromatic nitrogens is 1. The molecule has 2 aromatic rings. The summed E-state index contributed by atoms with van der Waals surface area (Å²) in [6.07, 6.45) is 1.82. The fourth-order valence-electron chi connectivity index (χ4n) is 2.47. The van der Waals surface area contributed by atoms with Crippen LogP contribution in [0.5, 0.6) is 0 Å². The van der Waals surface area contributed by atoms with E-state index < -0.39 is 5.97 Å². The van der Waals surface area contributed by atoms with Crippen molar-refractivity contribution in [1.29, 1.82) is 0 Å². The summed E-state index contributed by atoms with van der Waals surface area (Å²) in [5.74, 6) is 0.188. The maximum atomic E-state index is 10.9. The minimum atomic E-state index is -0.841. The van der Waals surface area contributed by atoms with Crippen molar-refractivity contribution in [3.05, 3.63) is 46.3 Å². The number of pyridine rings is 1. The SMILES string of the molecule is O=C(O)c1ccc(CN2CCN(c3ccccn3)CC2)s1. The zero-order valence-corrected chi connectivity index (χ0v) is 12.4. The van der Waals surface area contributed by atoms with Crippen molar-refractivity contribution < 1.29 is 9.90 Å². The molecular weight excluding hydrogens is 286 g/mol. The van der Waals surface area contributed by atoms with Gasteiger partial charge in [-0.15, -0.1) is 11.3 Å². The third-order valence-electron chi connectivity index (χ3n) is 3.60. The molecule has 1 saturated heterocycles. The standard InChI is InChI=1S/C15H17N3O2S/c19-15(20)13-5-4-12(21-13)11-17-7-9-18(10-8-17)14-3-1-2-6-16-14/h1-6H,7-11H2,(H,19,20). The summed E-state index contributed by atoms with van der Waals surface area (Å²) < 4.78 is 0. The highest BCUT2D eigenvalue weighted by Gasteiger charge is 2.18. The van der Waals surface area contributed by atoms with Gasteiger partial charge in [-0.1, -0.05) is 6.07 Å². The highest BCUT2D eigenvalue weighted by atomic mass is 32.1. The molecule has 1 N–H and O–H groups in total. The van der Waals surface area contributed by atoms with Crippen molar-refractivity contribution in [2.45, 2.75) is 6.54 Å². The molecular formula is C15H17N3O2S. The number of carbonyl (C=O) groups is 1. The molecule has 3 heterocycles. The fraction of sp³-hybridized carbons (Fsp3) is 0.333. The Hall–Kier alpha value is -1.92. The van der Waals surface area contributed by atoms with Gasteiger partial charge in [-0.05, 0) is 24.3 Å². The smallest absolute Gasteiger partial charge is 0.345 e. The van der Waals surface area contributed by atoms with Crippen LogP contribution in [-0.2, 0) is 6.54 Å². The molecule has 1 aliphatic heterocycles. The van der Waals surface area contributed by atoms with Gasteiger partial charge in [-0.2, -0.15) is 0 Å². The van der Waals surface area contributed by atoms with E-state index >= 15 is 0 Å². The number of anilines is 1. The topological polar surface area (TPSA) is 56.7 Å². The summed E-state index contributed by atoms with van der Waals surface area (Å²) in [5, 5.41) is 8.95. The Morgan fingerprint density at radius 3 is 2.62 bits per heavy atom. The third kappa shape index (κ3) is 3.40. The molecule has 3 rings (SSSR count). The fourth-order valence-corrected chi connectivity index (χ4v) is 3.36. The van der Waals surface area contributed by atoms with Crippen LogP contribution in [0.3, 0.4) is 0 Å². The van der Waals surface area contributed by atoms with Crippen LogP contribution in [0, 0.1) is 0 Å². The van der Waals surface area contributed by atoms with Crippen molar-refractivity contribution in [2.24, 2.45) is 0 Å². The minimum absolute atomic E-state index is 0.414. The summed E-state index contributed by atoms with van der Waals surface area (Å²) in [7, 11) is 0. The second-order valence-electron chi connectivity index (χ2n) is 5.02. The summed E-state index contributed by atoms with van der Waals surface area (Å²) in [4.78, 5) is 21.4. The molecule has 0 saturated carbocycles. The Morgan fingerprint density at radius 1 is 1.19 bits per heavy atom. The van der Waals surface area contributed by atoms with E-state index in [1.54, 1.807) is 6.07 Å². The molecule has 2 aromatic heterocycles. The van der Waals surface area contributed by atoms with Crippen LogP contribution in [0.4, 0.5) is 5.82 Å². The van der Waals surface area contributed by atoms with E-state index in [1.807, 2.05) is 30.5 Å². The highest BCUT2D eigenvalue weighted by molar-refractivity contribution is 7.13. The van der Waals surface area contributed by atoms with E-state index in [2.05, 4.69) is 14.8 Å². The first-order valence-corrected chi connectivity index (χ1v) is 7.74. The summed E-state index contributed by atoms with van der Waals surface area (Å²) in [6, 6.07) is 9.57. The summed E-state index contributed by atoms with van der Waals surface area (Å²) in [6.45, 7) is 4.67. The predicted molar refractivity (Wildman–Crippen MR) is 83.0 cm³/mol. The van der Waals surface area contributed by atoms with Crippen LogP contribution in [0.15, 0.2) is 36.5 Å². The monoisotopic (exact) mass is 303 g/mol. The van der Waals surface area contributed by atoms with E-state index in [-0.39, 0.29) is 0 Å². The number of carboxylic acids is 1. The number of piperazine rings is 1. The molecule has 21 heavy (non-hydrogen) atoms.